The maximum atomic E-state index is 12.6. The van der Waals surface area contributed by atoms with Gasteiger partial charge in [-0.2, -0.15) is 4.68 Å². The van der Waals surface area contributed by atoms with Gasteiger partial charge in [0.15, 0.2) is 11.2 Å². The molecule has 0 radical (unpaired) electrons. The molecule has 25 heavy (non-hydrogen) atoms. The quantitative estimate of drug-likeness (QED) is 0.640. The molecule has 2 heterocycles. The summed E-state index contributed by atoms with van der Waals surface area (Å²) >= 11 is 0. The molecule has 9 heteroatoms. The molecule has 1 aromatic carbocycles. The molecule has 0 bridgehead atoms. The normalized spacial score (nSPS) is 12.1. The maximum Gasteiger partial charge on any atom is 0.328 e. The van der Waals surface area contributed by atoms with Crippen molar-refractivity contribution in [2.24, 2.45) is 0 Å². The summed E-state index contributed by atoms with van der Waals surface area (Å²) < 4.78 is 12.7. The van der Waals surface area contributed by atoms with Crippen LogP contribution < -0.4 is 10.3 Å². The second-order valence-corrected chi connectivity index (χ2v) is 5.26. The SMILES string of the molecule is CCOc1ccc(-n2nnc3c(=O)n(C(C)C(=O)OC)cnc32)cc1. The molecule has 0 aliphatic carbocycles. The summed E-state index contributed by atoms with van der Waals surface area (Å²) in [7, 11) is 1.26. The van der Waals surface area contributed by atoms with Crippen LogP contribution in [-0.2, 0) is 9.53 Å². The maximum absolute atomic E-state index is 12.6. The first-order valence-corrected chi connectivity index (χ1v) is 7.70. The molecule has 3 rings (SSSR count). The van der Waals surface area contributed by atoms with Gasteiger partial charge in [0.05, 0.1) is 19.4 Å². The number of ether oxygens (including phenoxy) is 2. The number of benzene rings is 1. The Bertz CT molecular complexity index is 961. The highest BCUT2D eigenvalue weighted by molar-refractivity contribution is 5.75. The molecule has 0 aliphatic heterocycles. The van der Waals surface area contributed by atoms with E-state index in [2.05, 4.69) is 20.0 Å². The van der Waals surface area contributed by atoms with Crippen molar-refractivity contribution < 1.29 is 14.3 Å². The summed E-state index contributed by atoms with van der Waals surface area (Å²) in [6.07, 6.45) is 1.29. The van der Waals surface area contributed by atoms with Gasteiger partial charge in [-0.25, -0.2) is 9.78 Å². The Morgan fingerprint density at radius 3 is 2.64 bits per heavy atom. The van der Waals surface area contributed by atoms with Gasteiger partial charge in [0, 0.05) is 0 Å². The number of hydrogen-bond donors (Lipinski definition) is 0. The first-order chi connectivity index (χ1) is 12.1. The van der Waals surface area contributed by atoms with E-state index in [1.807, 2.05) is 6.92 Å². The summed E-state index contributed by atoms with van der Waals surface area (Å²) in [4.78, 5) is 28.4. The zero-order chi connectivity index (χ0) is 18.0. The number of hydrogen-bond acceptors (Lipinski definition) is 7. The minimum Gasteiger partial charge on any atom is -0.494 e. The lowest BCUT2D eigenvalue weighted by atomic mass is 10.3. The fourth-order valence-electron chi connectivity index (χ4n) is 2.41. The van der Waals surface area contributed by atoms with Gasteiger partial charge in [0.25, 0.3) is 5.56 Å². The Morgan fingerprint density at radius 1 is 1.28 bits per heavy atom. The molecule has 0 amide bonds. The average Bonchev–Trinajstić information content (AvgIpc) is 3.07. The van der Waals surface area contributed by atoms with Gasteiger partial charge in [0.1, 0.15) is 18.1 Å². The largest absolute Gasteiger partial charge is 0.494 e. The van der Waals surface area contributed by atoms with E-state index in [1.165, 1.54) is 22.7 Å². The lowest BCUT2D eigenvalue weighted by Gasteiger charge is -2.11. The second-order valence-electron chi connectivity index (χ2n) is 5.26. The second kappa shape index (κ2) is 6.71. The van der Waals surface area contributed by atoms with Crippen LogP contribution in [0.1, 0.15) is 19.9 Å². The monoisotopic (exact) mass is 343 g/mol. The molecule has 9 nitrogen and oxygen atoms in total. The fraction of sp³-hybridized carbons (Fsp3) is 0.312. The van der Waals surface area contributed by atoms with Gasteiger partial charge in [0.2, 0.25) is 0 Å². The molecule has 0 spiro atoms. The Labute approximate surface area is 142 Å². The molecule has 0 N–H and O–H groups in total. The fourth-order valence-corrected chi connectivity index (χ4v) is 2.41. The molecule has 0 saturated carbocycles. The standard InChI is InChI=1S/C16H17N5O4/c1-4-25-12-7-5-11(6-8-12)21-14-13(18-19-21)15(22)20(9-17-14)10(2)16(23)24-3/h5-10H,4H2,1-3H3. The zero-order valence-electron chi connectivity index (χ0n) is 14.0. The Kier molecular flexibility index (Phi) is 4.46. The van der Waals surface area contributed by atoms with E-state index >= 15 is 0 Å². The summed E-state index contributed by atoms with van der Waals surface area (Å²) in [5, 5.41) is 7.92. The van der Waals surface area contributed by atoms with Crippen LogP contribution in [0.25, 0.3) is 16.9 Å². The van der Waals surface area contributed by atoms with Crippen LogP contribution in [0.5, 0.6) is 5.75 Å². The van der Waals surface area contributed by atoms with Gasteiger partial charge in [-0.1, -0.05) is 5.21 Å². The van der Waals surface area contributed by atoms with Crippen LogP contribution in [0.2, 0.25) is 0 Å². The lowest BCUT2D eigenvalue weighted by molar-refractivity contribution is -0.144. The molecule has 0 fully saturated rings. The van der Waals surface area contributed by atoms with Crippen molar-refractivity contribution >= 4 is 17.1 Å². The summed E-state index contributed by atoms with van der Waals surface area (Å²) in [6, 6.07) is 6.39. The van der Waals surface area contributed by atoms with E-state index in [0.29, 0.717) is 17.9 Å². The van der Waals surface area contributed by atoms with Gasteiger partial charge in [-0.05, 0) is 38.1 Å². The highest BCUT2D eigenvalue weighted by Gasteiger charge is 2.20. The van der Waals surface area contributed by atoms with Crippen molar-refractivity contribution in [1.82, 2.24) is 24.5 Å². The van der Waals surface area contributed by atoms with Gasteiger partial charge in [-0.3, -0.25) is 9.36 Å². The van der Waals surface area contributed by atoms with Crippen LogP contribution in [0.4, 0.5) is 0 Å². The van der Waals surface area contributed by atoms with Crippen LogP contribution in [0.3, 0.4) is 0 Å². The van der Waals surface area contributed by atoms with Gasteiger partial charge >= 0.3 is 5.97 Å². The molecule has 3 aromatic rings. The first-order valence-electron chi connectivity index (χ1n) is 7.70. The highest BCUT2D eigenvalue weighted by Crippen LogP contribution is 2.17. The number of methoxy groups -OCH3 is 1. The third-order valence-corrected chi connectivity index (χ3v) is 3.74. The Morgan fingerprint density at radius 2 is 2.00 bits per heavy atom. The minimum atomic E-state index is -0.801. The first kappa shape index (κ1) is 16.6. The van der Waals surface area contributed by atoms with Crippen molar-refractivity contribution in [2.75, 3.05) is 13.7 Å². The highest BCUT2D eigenvalue weighted by atomic mass is 16.5. The number of esters is 1. The summed E-state index contributed by atoms with van der Waals surface area (Å²) in [5.74, 6) is 0.194. The molecule has 0 saturated heterocycles. The van der Waals surface area contributed by atoms with Crippen molar-refractivity contribution in [1.29, 1.82) is 0 Å². The molecule has 2 aromatic heterocycles. The number of carbonyl (C=O) groups excluding carboxylic acids is 1. The van der Waals surface area contributed by atoms with Crippen molar-refractivity contribution in [2.45, 2.75) is 19.9 Å². The van der Waals surface area contributed by atoms with E-state index in [4.69, 9.17) is 4.74 Å². The third kappa shape index (κ3) is 2.95. The average molecular weight is 343 g/mol. The minimum absolute atomic E-state index is 0.0761. The summed E-state index contributed by atoms with van der Waals surface area (Å²) in [6.45, 7) is 4.03. The number of carbonyl (C=O) groups is 1. The van der Waals surface area contributed by atoms with E-state index in [1.54, 1.807) is 31.2 Å². The van der Waals surface area contributed by atoms with Crippen molar-refractivity contribution in [3.05, 3.63) is 40.9 Å². The number of fused-ring (bicyclic) bond motifs is 1. The lowest BCUT2D eigenvalue weighted by Crippen LogP contribution is -2.29. The van der Waals surface area contributed by atoms with Gasteiger partial charge < -0.3 is 9.47 Å². The molecule has 1 atom stereocenters. The van der Waals surface area contributed by atoms with Crippen molar-refractivity contribution in [3.63, 3.8) is 0 Å². The van der Waals surface area contributed by atoms with Crippen LogP contribution in [0, 0.1) is 0 Å². The van der Waals surface area contributed by atoms with Gasteiger partial charge in [-0.15, -0.1) is 5.10 Å². The van der Waals surface area contributed by atoms with Crippen LogP contribution in [0.15, 0.2) is 35.4 Å². The van der Waals surface area contributed by atoms with E-state index in [-0.39, 0.29) is 5.52 Å². The third-order valence-electron chi connectivity index (χ3n) is 3.74. The van der Waals surface area contributed by atoms with E-state index < -0.39 is 17.6 Å². The van der Waals surface area contributed by atoms with Crippen LogP contribution in [-0.4, -0.2) is 44.2 Å². The van der Waals surface area contributed by atoms with E-state index in [9.17, 15) is 9.59 Å². The number of nitrogens with zero attached hydrogens (tertiary/aromatic N) is 5. The molecular formula is C16H17N5O4. The van der Waals surface area contributed by atoms with Crippen LogP contribution >= 0.6 is 0 Å². The Balaban J connectivity index is 2.04. The number of rotatable bonds is 5. The van der Waals surface area contributed by atoms with E-state index in [0.717, 1.165) is 5.75 Å². The number of aromatic nitrogens is 5. The summed E-state index contributed by atoms with van der Waals surface area (Å²) in [5.41, 5.74) is 0.617. The zero-order valence-corrected chi connectivity index (χ0v) is 14.0. The predicted octanol–water partition coefficient (Wildman–Crippen LogP) is 1.11. The predicted molar refractivity (Wildman–Crippen MR) is 88.8 cm³/mol. The molecular weight excluding hydrogens is 326 g/mol. The van der Waals surface area contributed by atoms with Crippen molar-refractivity contribution in [3.8, 4) is 11.4 Å². The topological polar surface area (TPSA) is 101 Å². The molecule has 130 valence electrons. The smallest absolute Gasteiger partial charge is 0.328 e. The Hall–Kier alpha value is -3.23. The molecule has 1 unspecified atom stereocenters. The molecule has 0 aliphatic rings.